The molecule has 286 valence electrons. The molecule has 0 aliphatic carbocycles. The van der Waals surface area contributed by atoms with Crippen LogP contribution in [-0.4, -0.2) is 66.8 Å². The molecule has 4 unspecified atom stereocenters. The fourth-order valence-electron chi connectivity index (χ4n) is 5.22. The largest absolute Gasteiger partial charge is 0.481 e. The number of hydrogen-bond donors (Lipinski definition) is 5. The molecule has 2 aromatic heterocycles. The van der Waals surface area contributed by atoms with Gasteiger partial charge in [0.2, 0.25) is 0 Å². The van der Waals surface area contributed by atoms with E-state index in [9.17, 15) is 38.8 Å². The lowest BCUT2D eigenvalue weighted by molar-refractivity contribution is -0.141. The van der Waals surface area contributed by atoms with E-state index in [0.717, 1.165) is 63.8 Å². The second-order valence-corrected chi connectivity index (χ2v) is 12.6. The quantitative estimate of drug-likeness (QED) is 0.0533. The lowest BCUT2D eigenvalue weighted by atomic mass is 10.0. The van der Waals surface area contributed by atoms with Crippen molar-refractivity contribution in [3.05, 3.63) is 70.8 Å². The number of aromatic nitrogens is 2. The zero-order valence-electron chi connectivity index (χ0n) is 30.4. The standard InChI is InChI=1S/C20H30FNO4.C19H28FNO4/c1-3-4-5-9-17(23)10-6-8-15-13-16(21)14-22-20(15)18(24)11-7-12-19(25)26-2;1-2-3-4-8-16(22)9-5-7-14-12-15(20)13-21-19(14)17(23)10-6-11-18(24)25/h6,8,13-14,17-18,23-24H,3-5,7,9-12H2,1-2H3;5,7,12-13,16-17,22-23H,2-4,6,8-11H2,1H3,(H,24,25)/b8-6+;7-5+. The first-order chi connectivity index (χ1) is 24.4. The number of carbonyl (C=O) groups excluding carboxylic acids is 1. The van der Waals surface area contributed by atoms with Gasteiger partial charge in [-0.25, -0.2) is 8.78 Å². The number of pyridine rings is 2. The number of hydrogen-bond acceptors (Lipinski definition) is 9. The van der Waals surface area contributed by atoms with Crippen molar-refractivity contribution in [1.82, 2.24) is 9.97 Å². The Hall–Kier alpha value is -3.58. The molecule has 5 N–H and O–H groups in total. The summed E-state index contributed by atoms with van der Waals surface area (Å²) < 4.78 is 31.5. The van der Waals surface area contributed by atoms with Crippen molar-refractivity contribution < 1.29 is 48.6 Å². The second-order valence-electron chi connectivity index (χ2n) is 12.6. The first-order valence-electron chi connectivity index (χ1n) is 18.1. The molecule has 0 amide bonds. The van der Waals surface area contributed by atoms with Crippen LogP contribution in [0.3, 0.4) is 0 Å². The average molecular weight is 721 g/mol. The van der Waals surface area contributed by atoms with Crippen LogP contribution in [0.1, 0.15) is 151 Å². The van der Waals surface area contributed by atoms with Crippen molar-refractivity contribution in [2.45, 2.75) is 141 Å². The molecule has 2 rings (SSSR count). The second kappa shape index (κ2) is 27.1. The Morgan fingerprint density at radius 1 is 0.706 bits per heavy atom. The molecule has 0 spiro atoms. The van der Waals surface area contributed by atoms with Crippen LogP contribution in [0.5, 0.6) is 0 Å². The summed E-state index contributed by atoms with van der Waals surface area (Å²) in [4.78, 5) is 29.6. The third-order valence-corrected chi connectivity index (χ3v) is 8.11. The Kier molecular flexibility index (Phi) is 24.2. The maximum Gasteiger partial charge on any atom is 0.305 e. The van der Waals surface area contributed by atoms with Gasteiger partial charge in [0.1, 0.15) is 11.6 Å². The molecule has 10 nitrogen and oxygen atoms in total. The molecule has 0 saturated heterocycles. The van der Waals surface area contributed by atoms with Gasteiger partial charge in [-0.1, -0.05) is 76.7 Å². The number of aliphatic hydroxyl groups is 4. The number of nitrogens with zero attached hydrogens (tertiary/aromatic N) is 2. The third kappa shape index (κ3) is 20.8. The van der Waals surface area contributed by atoms with Crippen LogP contribution >= 0.6 is 0 Å². The molecule has 0 aliphatic heterocycles. The molecule has 4 atom stereocenters. The highest BCUT2D eigenvalue weighted by molar-refractivity contribution is 5.69. The monoisotopic (exact) mass is 720 g/mol. The van der Waals surface area contributed by atoms with Crippen molar-refractivity contribution >= 4 is 24.1 Å². The van der Waals surface area contributed by atoms with Gasteiger partial charge in [-0.05, 0) is 63.5 Å². The summed E-state index contributed by atoms with van der Waals surface area (Å²) in [5.74, 6) is -2.25. The fraction of sp³-hybridized carbons (Fsp3) is 0.590. The van der Waals surface area contributed by atoms with Crippen molar-refractivity contribution in [1.29, 1.82) is 0 Å². The molecular formula is C39H58F2N2O8. The number of unbranched alkanes of at least 4 members (excludes halogenated alkanes) is 4. The summed E-state index contributed by atoms with van der Waals surface area (Å²) in [7, 11) is 1.32. The van der Waals surface area contributed by atoms with Gasteiger partial charge in [0.25, 0.3) is 0 Å². The van der Waals surface area contributed by atoms with Crippen LogP contribution in [0.2, 0.25) is 0 Å². The lowest BCUT2D eigenvalue weighted by Gasteiger charge is -2.13. The van der Waals surface area contributed by atoms with Crippen molar-refractivity contribution in [2.75, 3.05) is 7.11 Å². The fourth-order valence-corrected chi connectivity index (χ4v) is 5.22. The zero-order valence-corrected chi connectivity index (χ0v) is 30.4. The van der Waals surface area contributed by atoms with E-state index in [-0.39, 0.29) is 25.2 Å². The van der Waals surface area contributed by atoms with Gasteiger partial charge in [0, 0.05) is 24.0 Å². The lowest BCUT2D eigenvalue weighted by Crippen LogP contribution is -2.07. The molecule has 0 aliphatic rings. The number of methoxy groups -OCH3 is 1. The smallest absolute Gasteiger partial charge is 0.305 e. The van der Waals surface area contributed by atoms with Crippen LogP contribution in [0.4, 0.5) is 8.78 Å². The summed E-state index contributed by atoms with van der Waals surface area (Å²) in [5.41, 5.74) is 1.62. The predicted molar refractivity (Wildman–Crippen MR) is 193 cm³/mol. The third-order valence-electron chi connectivity index (χ3n) is 8.11. The number of ether oxygens (including phenoxy) is 1. The van der Waals surface area contributed by atoms with Crippen molar-refractivity contribution in [3.63, 3.8) is 0 Å². The summed E-state index contributed by atoms with van der Waals surface area (Å²) in [6, 6.07) is 2.59. The average Bonchev–Trinajstić information content (AvgIpc) is 3.08. The predicted octanol–water partition coefficient (Wildman–Crippen LogP) is 7.80. The molecule has 0 radical (unpaired) electrons. The summed E-state index contributed by atoms with van der Waals surface area (Å²) in [5, 5.41) is 49.0. The zero-order chi connectivity index (χ0) is 38.0. The summed E-state index contributed by atoms with van der Waals surface area (Å²) in [6.45, 7) is 4.22. The molecular weight excluding hydrogens is 662 g/mol. The van der Waals surface area contributed by atoms with Crippen LogP contribution < -0.4 is 0 Å². The van der Waals surface area contributed by atoms with E-state index < -0.39 is 42.0 Å². The van der Waals surface area contributed by atoms with E-state index in [1.165, 1.54) is 19.2 Å². The van der Waals surface area contributed by atoms with Crippen molar-refractivity contribution in [2.24, 2.45) is 0 Å². The topological polar surface area (TPSA) is 170 Å². The minimum Gasteiger partial charge on any atom is -0.481 e. The van der Waals surface area contributed by atoms with Crippen LogP contribution in [0.25, 0.3) is 12.2 Å². The van der Waals surface area contributed by atoms with Gasteiger partial charge in [-0.3, -0.25) is 19.6 Å². The Bertz CT molecular complexity index is 1340. The highest BCUT2D eigenvalue weighted by Crippen LogP contribution is 2.24. The number of halogens is 2. The minimum atomic E-state index is -0.950. The van der Waals surface area contributed by atoms with Crippen molar-refractivity contribution in [3.8, 4) is 0 Å². The number of esters is 1. The van der Waals surface area contributed by atoms with Gasteiger partial charge in [0.15, 0.2) is 0 Å². The number of aliphatic carboxylic acids is 1. The molecule has 0 saturated carbocycles. The highest BCUT2D eigenvalue weighted by atomic mass is 19.1. The molecule has 2 aromatic rings. The SMILES string of the molecule is CCCCCC(O)C/C=C/c1cc(F)cnc1C(O)CCCC(=O)O.CCCCCC(O)C/C=C/c1cc(F)cnc1C(O)CCCC(=O)OC. The van der Waals surface area contributed by atoms with E-state index in [0.29, 0.717) is 54.6 Å². The Labute approximate surface area is 301 Å². The van der Waals surface area contributed by atoms with Gasteiger partial charge < -0.3 is 30.3 Å². The van der Waals surface area contributed by atoms with Crippen LogP contribution in [0.15, 0.2) is 36.7 Å². The molecule has 0 fully saturated rings. The Morgan fingerprint density at radius 3 is 1.53 bits per heavy atom. The highest BCUT2D eigenvalue weighted by Gasteiger charge is 2.16. The first-order valence-corrected chi connectivity index (χ1v) is 18.1. The number of carboxylic acids is 1. The molecule has 0 aromatic carbocycles. The number of carbonyl (C=O) groups is 2. The van der Waals surface area contributed by atoms with E-state index in [4.69, 9.17) is 5.11 Å². The minimum absolute atomic E-state index is 0.0343. The number of carboxylic acid groups (broad SMARTS) is 1. The summed E-state index contributed by atoms with van der Waals surface area (Å²) >= 11 is 0. The normalized spacial score (nSPS) is 13.8. The van der Waals surface area contributed by atoms with Gasteiger partial charge in [-0.15, -0.1) is 0 Å². The van der Waals surface area contributed by atoms with Gasteiger partial charge in [0.05, 0.1) is 55.3 Å². The van der Waals surface area contributed by atoms with E-state index in [1.54, 1.807) is 24.3 Å². The Balaban J connectivity index is 0.000000510. The summed E-state index contributed by atoms with van der Waals surface area (Å²) in [6.07, 6.45) is 16.5. The van der Waals surface area contributed by atoms with E-state index in [1.807, 2.05) is 0 Å². The van der Waals surface area contributed by atoms with Crippen LogP contribution in [-0.2, 0) is 14.3 Å². The van der Waals surface area contributed by atoms with Gasteiger partial charge >= 0.3 is 11.9 Å². The molecule has 12 heteroatoms. The Morgan fingerprint density at radius 2 is 1.14 bits per heavy atom. The maximum atomic E-state index is 13.5. The van der Waals surface area contributed by atoms with E-state index in [2.05, 4.69) is 28.6 Å². The number of aliphatic hydroxyl groups excluding tert-OH is 4. The molecule has 51 heavy (non-hydrogen) atoms. The maximum absolute atomic E-state index is 13.5. The van der Waals surface area contributed by atoms with Crippen LogP contribution in [0, 0.1) is 11.6 Å². The van der Waals surface area contributed by atoms with Gasteiger partial charge in [-0.2, -0.15) is 0 Å². The molecule has 0 bridgehead atoms. The van der Waals surface area contributed by atoms with E-state index >= 15 is 0 Å². The number of rotatable bonds is 24. The first kappa shape index (κ1) is 45.4. The molecule has 2 heterocycles.